The number of phenols is 1. The fraction of sp³-hybridized carbons (Fsp3) is 0.467. The van der Waals surface area contributed by atoms with E-state index in [1.807, 2.05) is 44.2 Å². The van der Waals surface area contributed by atoms with Crippen molar-refractivity contribution < 1.29 is 29.4 Å². The molecule has 0 aliphatic carbocycles. The van der Waals surface area contributed by atoms with Crippen LogP contribution in [0.4, 0.5) is 0 Å². The number of aromatic hydroxyl groups is 1. The Bertz CT molecular complexity index is 1260. The van der Waals surface area contributed by atoms with Gasteiger partial charge in [-0.25, -0.2) is 4.79 Å². The molecule has 4 rings (SSSR count). The van der Waals surface area contributed by atoms with Crippen LogP contribution in [0.15, 0.2) is 54.6 Å². The van der Waals surface area contributed by atoms with Crippen LogP contribution < -0.4 is 21.7 Å². The Morgan fingerprint density at radius 1 is 1.00 bits per heavy atom. The average molecular weight is 598 g/mol. The zero-order valence-electron chi connectivity index (χ0n) is 23.7. The quantitative estimate of drug-likeness (QED) is 0.198. The van der Waals surface area contributed by atoms with Crippen LogP contribution in [0.2, 0.25) is 0 Å². The number of phenolic OH excluding ortho intramolecular Hbond substituents is 1. The highest BCUT2D eigenvalue weighted by atomic mass is 32.2. The third-order valence-electron chi connectivity index (χ3n) is 7.44. The molecule has 0 bridgehead atoms. The molecule has 0 aromatic heterocycles. The number of carbonyl (C=O) groups excluding carboxylic acids is 3. The summed E-state index contributed by atoms with van der Waals surface area (Å²) in [5, 5.41) is 27.8. The summed E-state index contributed by atoms with van der Waals surface area (Å²) in [7, 11) is 0. The molecule has 226 valence electrons. The Morgan fingerprint density at radius 2 is 1.67 bits per heavy atom. The number of nitrogens with two attached hydrogens (primary N) is 1. The molecule has 11 nitrogen and oxygen atoms in total. The van der Waals surface area contributed by atoms with Gasteiger partial charge in [0.25, 0.3) is 0 Å². The molecule has 2 aliphatic heterocycles. The van der Waals surface area contributed by atoms with E-state index in [2.05, 4.69) is 16.0 Å². The van der Waals surface area contributed by atoms with Crippen LogP contribution in [0.3, 0.4) is 0 Å². The van der Waals surface area contributed by atoms with Crippen LogP contribution >= 0.6 is 11.8 Å². The normalized spacial score (nSPS) is 22.0. The number of benzene rings is 2. The molecule has 0 unspecified atom stereocenters. The van der Waals surface area contributed by atoms with Gasteiger partial charge in [0.2, 0.25) is 17.7 Å². The first-order valence-corrected chi connectivity index (χ1v) is 15.2. The summed E-state index contributed by atoms with van der Waals surface area (Å²) < 4.78 is 0. The maximum Gasteiger partial charge on any atom is 0.326 e. The van der Waals surface area contributed by atoms with Gasteiger partial charge in [0, 0.05) is 12.2 Å². The molecule has 2 heterocycles. The summed E-state index contributed by atoms with van der Waals surface area (Å²) in [6.45, 7) is 3.79. The maximum atomic E-state index is 13.5. The number of fused-ring (bicyclic) bond motifs is 1. The summed E-state index contributed by atoms with van der Waals surface area (Å²) in [5.41, 5.74) is 7.79. The first-order valence-electron chi connectivity index (χ1n) is 14.1. The van der Waals surface area contributed by atoms with E-state index >= 15 is 0 Å². The first-order chi connectivity index (χ1) is 20.0. The molecule has 7 N–H and O–H groups in total. The van der Waals surface area contributed by atoms with E-state index in [4.69, 9.17) is 5.73 Å². The van der Waals surface area contributed by atoms with Crippen LogP contribution in [0.1, 0.15) is 37.8 Å². The number of nitrogens with zero attached hydrogens (tertiary/aromatic N) is 1. The second kappa shape index (κ2) is 14.0. The minimum atomic E-state index is -1.09. The topological polar surface area (TPSA) is 174 Å². The van der Waals surface area contributed by atoms with Crippen LogP contribution in [0, 0.1) is 5.92 Å². The predicted octanol–water partition coefficient (Wildman–Crippen LogP) is 1.19. The van der Waals surface area contributed by atoms with Gasteiger partial charge in [-0.1, -0.05) is 56.3 Å². The van der Waals surface area contributed by atoms with E-state index in [9.17, 15) is 29.4 Å². The molecule has 6 atom stereocenters. The smallest absolute Gasteiger partial charge is 0.326 e. The first kappa shape index (κ1) is 31.3. The summed E-state index contributed by atoms with van der Waals surface area (Å²) in [5.74, 6) is -1.50. The lowest BCUT2D eigenvalue weighted by atomic mass is 10.0. The van der Waals surface area contributed by atoms with Crippen molar-refractivity contribution in [3.8, 4) is 5.75 Å². The highest BCUT2D eigenvalue weighted by Gasteiger charge is 2.49. The number of aliphatic carboxylic acids is 1. The van der Waals surface area contributed by atoms with Gasteiger partial charge >= 0.3 is 5.97 Å². The standard InChI is InChI=1S/C30H39N5O6S/c1-17(2)12-24(30(40)41)34-28(38)22(14-18-6-4-3-5-7-18)32-25-16-42-26-15-23(29(39)35(25)26)33-27(37)21(31)13-19-8-10-20(36)11-9-19/h3-11,17,21-26,32,36H,12-16,31H2,1-2H3,(H,33,37)(H,34,38)(H,40,41)/t21-,22-,23+,24-,25-,26-/m0/s1. The Kier molecular flexibility index (Phi) is 10.5. The maximum absolute atomic E-state index is 13.5. The largest absolute Gasteiger partial charge is 0.508 e. The third-order valence-corrected chi connectivity index (χ3v) is 8.75. The third kappa shape index (κ3) is 8.02. The Hall–Kier alpha value is -3.61. The number of hydrogen-bond donors (Lipinski definition) is 6. The molecule has 3 amide bonds. The second-order valence-corrected chi connectivity index (χ2v) is 12.5. The molecule has 2 fully saturated rings. The Morgan fingerprint density at radius 3 is 2.31 bits per heavy atom. The van der Waals surface area contributed by atoms with Gasteiger partial charge < -0.3 is 31.5 Å². The molecule has 12 heteroatoms. The molecule has 0 spiro atoms. The Labute approximate surface area is 249 Å². The van der Waals surface area contributed by atoms with E-state index in [0.29, 0.717) is 25.0 Å². The number of rotatable bonds is 13. The molecular weight excluding hydrogens is 558 g/mol. The van der Waals surface area contributed by atoms with Gasteiger partial charge in [0.15, 0.2) is 0 Å². The molecule has 2 aliphatic rings. The summed E-state index contributed by atoms with van der Waals surface area (Å²) in [6.07, 6.45) is 0.781. The lowest BCUT2D eigenvalue weighted by Crippen LogP contribution is -2.58. The molecule has 42 heavy (non-hydrogen) atoms. The van der Waals surface area contributed by atoms with Crippen molar-refractivity contribution in [2.75, 3.05) is 5.75 Å². The van der Waals surface area contributed by atoms with Gasteiger partial charge in [-0.3, -0.25) is 19.7 Å². The summed E-state index contributed by atoms with van der Waals surface area (Å²) >= 11 is 1.57. The number of carboxylic acid groups (broad SMARTS) is 1. The zero-order chi connectivity index (χ0) is 30.4. The van der Waals surface area contributed by atoms with Crippen molar-refractivity contribution in [2.24, 2.45) is 11.7 Å². The highest BCUT2D eigenvalue weighted by molar-refractivity contribution is 8.00. The van der Waals surface area contributed by atoms with E-state index in [-0.39, 0.29) is 29.4 Å². The molecule has 2 saturated heterocycles. The number of amides is 3. The fourth-order valence-electron chi connectivity index (χ4n) is 5.30. The predicted molar refractivity (Wildman–Crippen MR) is 159 cm³/mol. The molecule has 0 radical (unpaired) electrons. The Balaban J connectivity index is 1.42. The van der Waals surface area contributed by atoms with Crippen molar-refractivity contribution in [1.82, 2.24) is 20.9 Å². The van der Waals surface area contributed by atoms with Gasteiger partial charge in [-0.2, -0.15) is 0 Å². The lowest BCUT2D eigenvalue weighted by molar-refractivity contribution is -0.142. The molecule has 2 aromatic rings. The van der Waals surface area contributed by atoms with Crippen molar-refractivity contribution in [2.45, 2.75) is 75.2 Å². The van der Waals surface area contributed by atoms with Crippen LogP contribution in [-0.4, -0.2) is 80.3 Å². The fourth-order valence-corrected chi connectivity index (χ4v) is 6.71. The zero-order valence-corrected chi connectivity index (χ0v) is 24.5. The van der Waals surface area contributed by atoms with E-state index in [0.717, 1.165) is 11.1 Å². The number of thioether (sulfide) groups is 1. The molecular formula is C30H39N5O6S. The monoisotopic (exact) mass is 597 g/mol. The van der Waals surface area contributed by atoms with Gasteiger partial charge in [0.05, 0.1) is 23.6 Å². The molecule has 0 saturated carbocycles. The average Bonchev–Trinajstić information content (AvgIpc) is 3.48. The number of carbonyl (C=O) groups is 4. The van der Waals surface area contributed by atoms with Crippen LogP contribution in [-0.2, 0) is 32.0 Å². The van der Waals surface area contributed by atoms with Crippen molar-refractivity contribution in [3.63, 3.8) is 0 Å². The number of carboxylic acids is 1. The van der Waals surface area contributed by atoms with Gasteiger partial charge in [-0.05, 0) is 48.4 Å². The number of hydrogen-bond acceptors (Lipinski definition) is 8. The van der Waals surface area contributed by atoms with E-state index in [1.165, 1.54) is 12.1 Å². The lowest BCUT2D eigenvalue weighted by Gasteiger charge is -2.30. The summed E-state index contributed by atoms with van der Waals surface area (Å²) in [4.78, 5) is 53.2. The van der Waals surface area contributed by atoms with Crippen LogP contribution in [0.5, 0.6) is 5.75 Å². The minimum absolute atomic E-state index is 0.0718. The van der Waals surface area contributed by atoms with Crippen molar-refractivity contribution in [1.29, 1.82) is 0 Å². The summed E-state index contributed by atoms with van der Waals surface area (Å²) in [6, 6.07) is 12.4. The minimum Gasteiger partial charge on any atom is -0.508 e. The second-order valence-electron chi connectivity index (χ2n) is 11.3. The van der Waals surface area contributed by atoms with Gasteiger partial charge in [-0.15, -0.1) is 11.8 Å². The van der Waals surface area contributed by atoms with E-state index < -0.39 is 48.1 Å². The van der Waals surface area contributed by atoms with Crippen LogP contribution in [0.25, 0.3) is 0 Å². The SMILES string of the molecule is CC(C)C[C@H](NC(=O)[C@H](Cc1ccccc1)N[C@@H]1CS[C@H]2C[C@@H](NC(=O)[C@@H](N)Cc3ccc(O)cc3)C(=O)N21)C(=O)O. The highest BCUT2D eigenvalue weighted by Crippen LogP contribution is 2.37. The van der Waals surface area contributed by atoms with Crippen molar-refractivity contribution in [3.05, 3.63) is 65.7 Å². The van der Waals surface area contributed by atoms with Crippen molar-refractivity contribution >= 4 is 35.5 Å². The van der Waals surface area contributed by atoms with E-state index in [1.54, 1.807) is 28.8 Å². The number of nitrogens with one attached hydrogen (secondary N) is 3. The van der Waals surface area contributed by atoms with Gasteiger partial charge in [0.1, 0.15) is 17.8 Å². The molecule has 2 aromatic carbocycles.